The summed E-state index contributed by atoms with van der Waals surface area (Å²) in [6.45, 7) is 1.51. The van der Waals surface area contributed by atoms with Crippen molar-refractivity contribution in [2.24, 2.45) is 0 Å². The number of hydrogen-bond acceptors (Lipinski definition) is 2. The summed E-state index contributed by atoms with van der Waals surface area (Å²) >= 11 is 3.33. The van der Waals surface area contributed by atoms with E-state index in [9.17, 15) is 4.79 Å². The molecule has 0 aromatic carbocycles. The molecule has 80 valence electrons. The summed E-state index contributed by atoms with van der Waals surface area (Å²) in [4.78, 5) is 17.8. The van der Waals surface area contributed by atoms with Crippen molar-refractivity contribution >= 4 is 21.8 Å². The monoisotopic (exact) mass is 268 g/mol. The van der Waals surface area contributed by atoms with Gasteiger partial charge in [0.1, 0.15) is 4.60 Å². The highest BCUT2D eigenvalue weighted by molar-refractivity contribution is 9.10. The molecule has 0 atom stereocenters. The van der Waals surface area contributed by atoms with Crippen LogP contribution in [0.5, 0.6) is 0 Å². The van der Waals surface area contributed by atoms with E-state index in [2.05, 4.69) is 20.9 Å². The lowest BCUT2D eigenvalue weighted by molar-refractivity contribution is -0.133. The molecule has 0 aliphatic carbocycles. The number of rotatable bonds is 2. The average molecular weight is 269 g/mol. The Labute approximate surface area is 97.6 Å². The largest absolute Gasteiger partial charge is 0.337 e. The van der Waals surface area contributed by atoms with Crippen molar-refractivity contribution in [3.8, 4) is 0 Å². The molecule has 3 nitrogen and oxygen atoms in total. The van der Waals surface area contributed by atoms with Crippen LogP contribution in [0.25, 0.3) is 0 Å². The van der Waals surface area contributed by atoms with Crippen LogP contribution in [-0.4, -0.2) is 22.3 Å². The maximum atomic E-state index is 11.6. The molecule has 2 rings (SSSR count). The quantitative estimate of drug-likeness (QED) is 0.772. The first kappa shape index (κ1) is 10.6. The topological polar surface area (TPSA) is 33.2 Å². The molecule has 1 aliphatic heterocycles. The van der Waals surface area contributed by atoms with Crippen LogP contribution in [0.3, 0.4) is 0 Å². The van der Waals surface area contributed by atoms with Gasteiger partial charge in [-0.25, -0.2) is 4.98 Å². The number of aromatic nitrogens is 1. The highest BCUT2D eigenvalue weighted by Gasteiger charge is 2.18. The smallest absolute Gasteiger partial charge is 0.222 e. The Bertz CT molecular complexity index is 367. The van der Waals surface area contributed by atoms with Crippen LogP contribution in [0.1, 0.15) is 25.0 Å². The number of carbonyl (C=O) groups excluding carboxylic acids is 1. The van der Waals surface area contributed by atoms with Crippen molar-refractivity contribution < 1.29 is 4.79 Å². The van der Waals surface area contributed by atoms with Crippen LogP contribution >= 0.6 is 15.9 Å². The second kappa shape index (κ2) is 4.75. The van der Waals surface area contributed by atoms with Gasteiger partial charge in [0.15, 0.2) is 0 Å². The highest BCUT2D eigenvalue weighted by Crippen LogP contribution is 2.14. The van der Waals surface area contributed by atoms with Crippen molar-refractivity contribution in [1.29, 1.82) is 0 Å². The van der Waals surface area contributed by atoms with Crippen molar-refractivity contribution in [1.82, 2.24) is 9.88 Å². The molecule has 2 heterocycles. The normalized spacial score (nSPS) is 16.9. The summed E-state index contributed by atoms with van der Waals surface area (Å²) in [5, 5.41) is 0. The molecular formula is C11H13BrN2O. The number of amides is 1. The third-order valence-electron chi connectivity index (χ3n) is 2.55. The summed E-state index contributed by atoms with van der Waals surface area (Å²) in [6, 6.07) is 5.79. The molecule has 1 amide bonds. The molecule has 1 saturated heterocycles. The molecule has 15 heavy (non-hydrogen) atoms. The summed E-state index contributed by atoms with van der Waals surface area (Å²) in [7, 11) is 0. The zero-order chi connectivity index (χ0) is 10.7. The maximum absolute atomic E-state index is 11.6. The molecule has 1 aromatic heterocycles. The summed E-state index contributed by atoms with van der Waals surface area (Å²) in [5.74, 6) is 0.253. The Morgan fingerprint density at radius 3 is 3.00 bits per heavy atom. The molecular weight excluding hydrogens is 256 g/mol. The predicted octanol–water partition coefficient (Wildman–Crippen LogP) is 2.36. The first-order valence-electron chi connectivity index (χ1n) is 5.15. The summed E-state index contributed by atoms with van der Waals surface area (Å²) in [6.07, 6.45) is 2.83. The average Bonchev–Trinajstić information content (AvgIpc) is 2.22. The Balaban J connectivity index is 2.04. The van der Waals surface area contributed by atoms with Gasteiger partial charge in [0, 0.05) is 13.0 Å². The standard InChI is InChI=1S/C11H13BrN2O/c12-10-5-3-4-9(13-10)8-14-7-2-1-6-11(14)15/h3-5H,1-2,6-8H2. The van der Waals surface area contributed by atoms with Crippen LogP contribution in [0.4, 0.5) is 0 Å². The van der Waals surface area contributed by atoms with Crippen molar-refractivity contribution in [3.05, 3.63) is 28.5 Å². The molecule has 0 spiro atoms. The summed E-state index contributed by atoms with van der Waals surface area (Å²) in [5.41, 5.74) is 0.944. The van der Waals surface area contributed by atoms with Crippen LogP contribution in [0.15, 0.2) is 22.8 Å². The Hall–Kier alpha value is -0.900. The minimum Gasteiger partial charge on any atom is -0.337 e. The van der Waals surface area contributed by atoms with E-state index in [4.69, 9.17) is 0 Å². The molecule has 0 N–H and O–H groups in total. The number of piperidine rings is 1. The number of nitrogens with zero attached hydrogens (tertiary/aromatic N) is 2. The molecule has 0 bridgehead atoms. The first-order valence-corrected chi connectivity index (χ1v) is 5.94. The van der Waals surface area contributed by atoms with Crippen LogP contribution in [0.2, 0.25) is 0 Å². The zero-order valence-electron chi connectivity index (χ0n) is 8.45. The lowest BCUT2D eigenvalue weighted by atomic mass is 10.1. The van der Waals surface area contributed by atoms with Gasteiger partial charge in [0.25, 0.3) is 0 Å². The van der Waals surface area contributed by atoms with Crippen LogP contribution < -0.4 is 0 Å². The molecule has 1 aromatic rings. The third-order valence-corrected chi connectivity index (χ3v) is 2.99. The van der Waals surface area contributed by atoms with Gasteiger partial charge in [-0.15, -0.1) is 0 Å². The fraction of sp³-hybridized carbons (Fsp3) is 0.455. The van der Waals surface area contributed by atoms with Crippen LogP contribution in [-0.2, 0) is 11.3 Å². The minimum absolute atomic E-state index is 0.253. The molecule has 0 unspecified atom stereocenters. The number of pyridine rings is 1. The Morgan fingerprint density at radius 1 is 1.40 bits per heavy atom. The third kappa shape index (κ3) is 2.78. The first-order chi connectivity index (χ1) is 7.25. The number of halogens is 1. The molecule has 0 radical (unpaired) electrons. The Kier molecular flexibility index (Phi) is 3.36. The molecule has 1 fully saturated rings. The SMILES string of the molecule is O=C1CCCCN1Cc1cccc(Br)n1. The lowest BCUT2D eigenvalue weighted by Crippen LogP contribution is -2.34. The van der Waals surface area contributed by atoms with E-state index in [1.165, 1.54) is 0 Å². The van der Waals surface area contributed by atoms with Crippen molar-refractivity contribution in [2.75, 3.05) is 6.54 Å². The molecule has 4 heteroatoms. The van der Waals surface area contributed by atoms with E-state index in [0.717, 1.165) is 29.7 Å². The van der Waals surface area contributed by atoms with Gasteiger partial charge < -0.3 is 4.90 Å². The second-order valence-electron chi connectivity index (χ2n) is 3.72. The van der Waals surface area contributed by atoms with E-state index >= 15 is 0 Å². The highest BCUT2D eigenvalue weighted by atomic mass is 79.9. The second-order valence-corrected chi connectivity index (χ2v) is 4.54. The van der Waals surface area contributed by atoms with E-state index in [1.807, 2.05) is 23.1 Å². The minimum atomic E-state index is 0.253. The van der Waals surface area contributed by atoms with Gasteiger partial charge >= 0.3 is 0 Å². The van der Waals surface area contributed by atoms with Crippen molar-refractivity contribution in [3.63, 3.8) is 0 Å². The fourth-order valence-corrected chi connectivity index (χ4v) is 2.14. The van der Waals surface area contributed by atoms with E-state index in [-0.39, 0.29) is 5.91 Å². The van der Waals surface area contributed by atoms with Gasteiger partial charge in [-0.05, 0) is 40.9 Å². The molecule has 0 saturated carbocycles. The van der Waals surface area contributed by atoms with Gasteiger partial charge in [0.05, 0.1) is 12.2 Å². The molecule has 1 aliphatic rings. The van der Waals surface area contributed by atoms with Gasteiger partial charge in [0.2, 0.25) is 5.91 Å². The number of hydrogen-bond donors (Lipinski definition) is 0. The lowest BCUT2D eigenvalue weighted by Gasteiger charge is -2.26. The van der Waals surface area contributed by atoms with E-state index in [0.29, 0.717) is 13.0 Å². The number of likely N-dealkylation sites (tertiary alicyclic amines) is 1. The van der Waals surface area contributed by atoms with E-state index in [1.54, 1.807) is 0 Å². The van der Waals surface area contributed by atoms with Gasteiger partial charge in [-0.1, -0.05) is 6.07 Å². The maximum Gasteiger partial charge on any atom is 0.222 e. The predicted molar refractivity (Wildman–Crippen MR) is 61.2 cm³/mol. The summed E-state index contributed by atoms with van der Waals surface area (Å²) < 4.78 is 0.824. The number of carbonyl (C=O) groups is 1. The van der Waals surface area contributed by atoms with Crippen molar-refractivity contribution in [2.45, 2.75) is 25.8 Å². The fourth-order valence-electron chi connectivity index (χ4n) is 1.76. The van der Waals surface area contributed by atoms with Gasteiger partial charge in [-0.3, -0.25) is 4.79 Å². The zero-order valence-corrected chi connectivity index (χ0v) is 10.0. The van der Waals surface area contributed by atoms with Gasteiger partial charge in [-0.2, -0.15) is 0 Å². The van der Waals surface area contributed by atoms with E-state index < -0.39 is 0 Å². The Morgan fingerprint density at radius 2 is 2.27 bits per heavy atom. The van der Waals surface area contributed by atoms with Crippen LogP contribution in [0, 0.1) is 0 Å².